The number of anilines is 1. The first-order valence-corrected chi connectivity index (χ1v) is 4.72. The molecule has 1 aromatic carbocycles. The first kappa shape index (κ1) is 10.6. The molecule has 1 rings (SSSR count). The van der Waals surface area contributed by atoms with Gasteiger partial charge in [-0.05, 0) is 25.1 Å². The van der Waals surface area contributed by atoms with Crippen LogP contribution in [-0.2, 0) is 0 Å². The van der Waals surface area contributed by atoms with E-state index in [9.17, 15) is 0 Å². The van der Waals surface area contributed by atoms with Crippen molar-refractivity contribution < 1.29 is 5.11 Å². The predicted octanol–water partition coefficient (Wildman–Crippen LogP) is 2.79. The van der Waals surface area contributed by atoms with E-state index in [0.717, 1.165) is 5.69 Å². The van der Waals surface area contributed by atoms with Gasteiger partial charge in [-0.3, -0.25) is 0 Å². The first-order chi connectivity index (χ1) is 6.09. The van der Waals surface area contributed by atoms with E-state index in [4.69, 9.17) is 28.3 Å². The molecule has 1 aromatic rings. The van der Waals surface area contributed by atoms with Crippen molar-refractivity contribution in [3.63, 3.8) is 0 Å². The van der Waals surface area contributed by atoms with Gasteiger partial charge >= 0.3 is 0 Å². The van der Waals surface area contributed by atoms with E-state index in [-0.39, 0.29) is 6.10 Å². The van der Waals surface area contributed by atoms with Crippen molar-refractivity contribution in [2.75, 3.05) is 11.9 Å². The van der Waals surface area contributed by atoms with Gasteiger partial charge < -0.3 is 10.4 Å². The van der Waals surface area contributed by atoms with Gasteiger partial charge in [0.25, 0.3) is 0 Å². The van der Waals surface area contributed by atoms with Gasteiger partial charge in [0.2, 0.25) is 0 Å². The molecule has 4 heteroatoms. The Bertz CT molecular complexity index is 289. The van der Waals surface area contributed by atoms with Gasteiger partial charge in [-0.1, -0.05) is 23.2 Å². The lowest BCUT2D eigenvalue weighted by atomic mass is 10.3. The highest BCUT2D eigenvalue weighted by molar-refractivity contribution is 6.42. The molecule has 0 saturated carbocycles. The van der Waals surface area contributed by atoms with E-state index in [1.165, 1.54) is 0 Å². The van der Waals surface area contributed by atoms with Crippen LogP contribution >= 0.6 is 23.2 Å². The minimum Gasteiger partial charge on any atom is -0.392 e. The van der Waals surface area contributed by atoms with Crippen LogP contribution in [0.4, 0.5) is 5.69 Å². The number of aliphatic hydroxyl groups is 1. The van der Waals surface area contributed by atoms with Crippen LogP contribution in [0.5, 0.6) is 0 Å². The summed E-state index contributed by atoms with van der Waals surface area (Å²) in [7, 11) is 0. The van der Waals surface area contributed by atoms with Crippen molar-refractivity contribution in [3.8, 4) is 0 Å². The van der Waals surface area contributed by atoms with E-state index in [0.29, 0.717) is 16.6 Å². The molecule has 0 amide bonds. The lowest BCUT2D eigenvalue weighted by Crippen LogP contribution is -2.15. The molecule has 0 unspecified atom stereocenters. The van der Waals surface area contributed by atoms with E-state index in [2.05, 4.69) is 5.32 Å². The molecular formula is C9H11Cl2NO. The maximum atomic E-state index is 9.02. The van der Waals surface area contributed by atoms with Crippen molar-refractivity contribution in [1.29, 1.82) is 0 Å². The molecule has 0 aromatic heterocycles. The fourth-order valence-electron chi connectivity index (χ4n) is 0.872. The molecule has 0 aliphatic carbocycles. The standard InChI is InChI=1S/C9H11Cl2NO/c1-6(13)5-12-7-2-3-8(10)9(11)4-7/h2-4,6,12-13H,5H2,1H3/t6-/m1/s1. The average molecular weight is 220 g/mol. The third-order valence-corrected chi connectivity index (χ3v) is 2.26. The second kappa shape index (κ2) is 4.70. The summed E-state index contributed by atoms with van der Waals surface area (Å²) in [6.45, 7) is 2.21. The molecule has 72 valence electrons. The Morgan fingerprint density at radius 2 is 2.08 bits per heavy atom. The SMILES string of the molecule is C[C@@H](O)CNc1ccc(Cl)c(Cl)c1. The largest absolute Gasteiger partial charge is 0.392 e. The summed E-state index contributed by atoms with van der Waals surface area (Å²) in [5.41, 5.74) is 0.857. The van der Waals surface area contributed by atoms with Gasteiger partial charge in [-0.15, -0.1) is 0 Å². The molecule has 0 aliphatic heterocycles. The summed E-state index contributed by atoms with van der Waals surface area (Å²) in [6.07, 6.45) is -0.380. The van der Waals surface area contributed by atoms with Gasteiger partial charge in [-0.2, -0.15) is 0 Å². The smallest absolute Gasteiger partial charge is 0.0684 e. The van der Waals surface area contributed by atoms with Crippen LogP contribution in [0.3, 0.4) is 0 Å². The van der Waals surface area contributed by atoms with Crippen LogP contribution in [-0.4, -0.2) is 17.8 Å². The van der Waals surface area contributed by atoms with E-state index in [1.807, 2.05) is 6.07 Å². The van der Waals surface area contributed by atoms with Crippen LogP contribution in [0.1, 0.15) is 6.92 Å². The number of hydrogen-bond acceptors (Lipinski definition) is 2. The predicted molar refractivity (Wildman–Crippen MR) is 56.6 cm³/mol. The van der Waals surface area contributed by atoms with Crippen LogP contribution in [0, 0.1) is 0 Å². The number of halogens is 2. The van der Waals surface area contributed by atoms with Crippen molar-refractivity contribution in [3.05, 3.63) is 28.2 Å². The van der Waals surface area contributed by atoms with Crippen molar-refractivity contribution in [1.82, 2.24) is 0 Å². The van der Waals surface area contributed by atoms with Gasteiger partial charge in [0.15, 0.2) is 0 Å². The normalized spacial score (nSPS) is 12.6. The zero-order valence-electron chi connectivity index (χ0n) is 7.22. The second-order valence-electron chi connectivity index (χ2n) is 2.86. The minimum absolute atomic E-state index is 0.380. The number of rotatable bonds is 3. The lowest BCUT2D eigenvalue weighted by Gasteiger charge is -2.08. The van der Waals surface area contributed by atoms with Crippen LogP contribution in [0.2, 0.25) is 10.0 Å². The molecule has 2 N–H and O–H groups in total. The molecule has 0 spiro atoms. The van der Waals surface area contributed by atoms with E-state index >= 15 is 0 Å². The Morgan fingerprint density at radius 3 is 2.62 bits per heavy atom. The van der Waals surface area contributed by atoms with Crippen LogP contribution in [0.25, 0.3) is 0 Å². The van der Waals surface area contributed by atoms with Gasteiger partial charge in [0.05, 0.1) is 16.1 Å². The lowest BCUT2D eigenvalue weighted by molar-refractivity contribution is 0.208. The van der Waals surface area contributed by atoms with Crippen molar-refractivity contribution in [2.24, 2.45) is 0 Å². The zero-order chi connectivity index (χ0) is 9.84. The summed E-state index contributed by atoms with van der Waals surface area (Å²) in [5, 5.41) is 13.1. The maximum Gasteiger partial charge on any atom is 0.0684 e. The molecule has 0 aliphatic rings. The average Bonchev–Trinajstić information content (AvgIpc) is 2.07. The zero-order valence-corrected chi connectivity index (χ0v) is 8.73. The molecule has 13 heavy (non-hydrogen) atoms. The Kier molecular flexibility index (Phi) is 3.85. The fraction of sp³-hybridized carbons (Fsp3) is 0.333. The Balaban J connectivity index is 2.63. The summed E-state index contributed by atoms with van der Waals surface area (Å²) in [6, 6.07) is 5.26. The third-order valence-electron chi connectivity index (χ3n) is 1.52. The van der Waals surface area contributed by atoms with Gasteiger partial charge in [0, 0.05) is 12.2 Å². The van der Waals surface area contributed by atoms with Gasteiger partial charge in [-0.25, -0.2) is 0 Å². The number of nitrogens with one attached hydrogen (secondary N) is 1. The van der Waals surface area contributed by atoms with E-state index in [1.54, 1.807) is 19.1 Å². The quantitative estimate of drug-likeness (QED) is 0.820. The minimum atomic E-state index is -0.380. The molecule has 0 bridgehead atoms. The third kappa shape index (κ3) is 3.43. The summed E-state index contributed by atoms with van der Waals surface area (Å²) < 4.78 is 0. The number of hydrogen-bond donors (Lipinski definition) is 2. The van der Waals surface area contributed by atoms with Crippen molar-refractivity contribution >= 4 is 28.9 Å². The molecular weight excluding hydrogens is 209 g/mol. The monoisotopic (exact) mass is 219 g/mol. The Morgan fingerprint density at radius 1 is 1.38 bits per heavy atom. The Hall–Kier alpha value is -0.440. The second-order valence-corrected chi connectivity index (χ2v) is 3.67. The molecule has 0 saturated heterocycles. The summed E-state index contributed by atoms with van der Waals surface area (Å²) in [5.74, 6) is 0. The molecule has 0 heterocycles. The molecule has 0 radical (unpaired) electrons. The maximum absolute atomic E-state index is 9.02. The summed E-state index contributed by atoms with van der Waals surface area (Å²) >= 11 is 11.5. The van der Waals surface area contributed by atoms with Crippen LogP contribution in [0.15, 0.2) is 18.2 Å². The highest BCUT2D eigenvalue weighted by Gasteiger charge is 1.99. The highest BCUT2D eigenvalue weighted by Crippen LogP contribution is 2.24. The topological polar surface area (TPSA) is 32.3 Å². The van der Waals surface area contributed by atoms with E-state index < -0.39 is 0 Å². The number of benzene rings is 1. The highest BCUT2D eigenvalue weighted by atomic mass is 35.5. The number of aliphatic hydroxyl groups excluding tert-OH is 1. The van der Waals surface area contributed by atoms with Gasteiger partial charge in [0.1, 0.15) is 0 Å². The van der Waals surface area contributed by atoms with Crippen molar-refractivity contribution in [2.45, 2.75) is 13.0 Å². The Labute approximate surface area is 87.5 Å². The molecule has 1 atom stereocenters. The summed E-state index contributed by atoms with van der Waals surface area (Å²) in [4.78, 5) is 0. The molecule has 0 fully saturated rings. The fourth-order valence-corrected chi connectivity index (χ4v) is 1.17. The first-order valence-electron chi connectivity index (χ1n) is 3.96. The van der Waals surface area contributed by atoms with Crippen LogP contribution < -0.4 is 5.32 Å². The molecule has 2 nitrogen and oxygen atoms in total.